The van der Waals surface area contributed by atoms with Crippen LogP contribution in [-0.4, -0.2) is 62.8 Å². The molecule has 0 aliphatic carbocycles. The van der Waals surface area contributed by atoms with Crippen molar-refractivity contribution >= 4 is 22.4 Å². The van der Waals surface area contributed by atoms with E-state index < -0.39 is 0 Å². The van der Waals surface area contributed by atoms with E-state index in [1.165, 1.54) is 0 Å². The molecule has 27 heavy (non-hydrogen) atoms. The highest BCUT2D eigenvalue weighted by molar-refractivity contribution is 6.10. The molecule has 0 radical (unpaired) electrons. The largest absolute Gasteiger partial charge is 0.396 e. The van der Waals surface area contributed by atoms with Gasteiger partial charge in [0.05, 0.1) is 0 Å². The summed E-state index contributed by atoms with van der Waals surface area (Å²) in [5.41, 5.74) is 1.85. The number of likely N-dealkylation sites (tertiary alicyclic amines) is 1. The van der Waals surface area contributed by atoms with Crippen molar-refractivity contribution < 1.29 is 9.90 Å². The Kier molecular flexibility index (Phi) is 6.69. The van der Waals surface area contributed by atoms with Gasteiger partial charge in [0.15, 0.2) is 0 Å². The van der Waals surface area contributed by atoms with E-state index in [0.717, 1.165) is 60.9 Å². The van der Waals surface area contributed by atoms with Gasteiger partial charge < -0.3 is 20.2 Å². The van der Waals surface area contributed by atoms with E-state index in [2.05, 4.69) is 21.2 Å². The molecule has 2 N–H and O–H groups in total. The smallest absolute Gasteiger partial charge is 0.251 e. The zero-order valence-corrected chi connectivity index (χ0v) is 16.4. The first kappa shape index (κ1) is 19.6. The minimum atomic E-state index is -0.0108. The summed E-state index contributed by atoms with van der Waals surface area (Å²) in [5.74, 6) is 0.401. The maximum Gasteiger partial charge on any atom is 0.251 e. The molecule has 0 bridgehead atoms. The second kappa shape index (κ2) is 9.20. The summed E-state index contributed by atoms with van der Waals surface area (Å²) in [6, 6.07) is 12.0. The minimum absolute atomic E-state index is 0.0108. The predicted molar refractivity (Wildman–Crippen MR) is 111 cm³/mol. The lowest BCUT2D eigenvalue weighted by Crippen LogP contribution is -2.38. The van der Waals surface area contributed by atoms with Crippen LogP contribution in [-0.2, 0) is 0 Å². The third-order valence-corrected chi connectivity index (χ3v) is 5.43. The van der Waals surface area contributed by atoms with Gasteiger partial charge in [-0.25, -0.2) is 0 Å². The third-order valence-electron chi connectivity index (χ3n) is 5.43. The number of hydrogen-bond acceptors (Lipinski definition) is 4. The molecule has 1 heterocycles. The fraction of sp³-hybridized carbons (Fsp3) is 0.500. The maximum absolute atomic E-state index is 12.7. The van der Waals surface area contributed by atoms with Crippen LogP contribution in [0.2, 0.25) is 0 Å². The predicted octanol–water partition coefficient (Wildman–Crippen LogP) is 2.73. The molecular weight excluding hydrogens is 338 g/mol. The van der Waals surface area contributed by atoms with E-state index in [1.807, 2.05) is 44.4 Å². The summed E-state index contributed by atoms with van der Waals surface area (Å²) < 4.78 is 0. The third kappa shape index (κ3) is 4.79. The van der Waals surface area contributed by atoms with Crippen LogP contribution in [0.3, 0.4) is 0 Å². The van der Waals surface area contributed by atoms with Gasteiger partial charge in [-0.3, -0.25) is 4.79 Å². The number of nitrogens with one attached hydrogen (secondary N) is 1. The van der Waals surface area contributed by atoms with E-state index in [1.54, 1.807) is 0 Å². The number of nitrogens with zero attached hydrogens (tertiary/aromatic N) is 2. The second-order valence-electron chi connectivity index (χ2n) is 7.67. The molecule has 5 heteroatoms. The van der Waals surface area contributed by atoms with Crippen molar-refractivity contribution in [3.05, 3.63) is 42.0 Å². The molecule has 3 rings (SSSR count). The highest BCUT2D eigenvalue weighted by Crippen LogP contribution is 2.28. The molecular formula is C22H31N3O2. The number of amides is 1. The number of carbonyl (C=O) groups excluding carboxylic acids is 1. The maximum atomic E-state index is 12.7. The highest BCUT2D eigenvalue weighted by atomic mass is 16.3. The van der Waals surface area contributed by atoms with Gasteiger partial charge in [0.25, 0.3) is 5.91 Å². The highest BCUT2D eigenvalue weighted by Gasteiger charge is 2.18. The zero-order chi connectivity index (χ0) is 19.2. The number of carbonyl (C=O) groups is 1. The van der Waals surface area contributed by atoms with Gasteiger partial charge in [0.1, 0.15) is 0 Å². The molecule has 1 fully saturated rings. The molecule has 1 saturated heterocycles. The lowest BCUT2D eigenvalue weighted by molar-refractivity contribution is 0.0948. The van der Waals surface area contributed by atoms with Gasteiger partial charge in [0.2, 0.25) is 0 Å². The molecule has 0 unspecified atom stereocenters. The van der Waals surface area contributed by atoms with Gasteiger partial charge in [-0.15, -0.1) is 0 Å². The molecule has 5 nitrogen and oxygen atoms in total. The van der Waals surface area contributed by atoms with Crippen molar-refractivity contribution in [1.82, 2.24) is 10.2 Å². The summed E-state index contributed by atoms with van der Waals surface area (Å²) in [6.07, 6.45) is 3.21. The number of hydrogen-bond donors (Lipinski definition) is 2. The Morgan fingerprint density at radius 1 is 1.22 bits per heavy atom. The van der Waals surface area contributed by atoms with E-state index in [4.69, 9.17) is 0 Å². The average Bonchev–Trinajstić information content (AvgIpc) is 2.70. The van der Waals surface area contributed by atoms with Crippen molar-refractivity contribution in [3.63, 3.8) is 0 Å². The van der Waals surface area contributed by atoms with Crippen LogP contribution < -0.4 is 10.2 Å². The normalized spacial score (nSPS) is 17.8. The van der Waals surface area contributed by atoms with E-state index in [0.29, 0.717) is 12.5 Å². The van der Waals surface area contributed by atoms with Gasteiger partial charge in [-0.05, 0) is 55.8 Å². The standard InChI is InChI=1S/C22H31N3O2/c1-24(2)21-11-10-20(18-8-3-4-9-19(18)21)22(27)23-12-6-14-25-13-5-7-17(15-25)16-26/h3-4,8-11,17,26H,5-7,12-16H2,1-2H3,(H,23,27)/t17-/m1/s1. The van der Waals surface area contributed by atoms with E-state index >= 15 is 0 Å². The number of rotatable bonds is 7. The first-order valence-electron chi connectivity index (χ1n) is 9.90. The lowest BCUT2D eigenvalue weighted by atomic mass is 9.99. The fourth-order valence-electron chi connectivity index (χ4n) is 3.97. The summed E-state index contributed by atoms with van der Waals surface area (Å²) >= 11 is 0. The van der Waals surface area contributed by atoms with Crippen LogP contribution >= 0.6 is 0 Å². The number of fused-ring (bicyclic) bond motifs is 1. The molecule has 2 aromatic rings. The number of piperidine rings is 1. The average molecular weight is 370 g/mol. The molecule has 1 aliphatic heterocycles. The Morgan fingerprint density at radius 3 is 2.74 bits per heavy atom. The number of aliphatic hydroxyl groups is 1. The Balaban J connectivity index is 1.58. The Labute approximate surface area is 162 Å². The van der Waals surface area contributed by atoms with Crippen LogP contribution in [0.4, 0.5) is 5.69 Å². The van der Waals surface area contributed by atoms with Crippen LogP contribution in [0, 0.1) is 5.92 Å². The topological polar surface area (TPSA) is 55.8 Å². The minimum Gasteiger partial charge on any atom is -0.396 e. The van der Waals surface area contributed by atoms with Crippen molar-refractivity contribution in [2.45, 2.75) is 19.3 Å². The molecule has 1 atom stereocenters. The molecule has 1 amide bonds. The molecule has 0 spiro atoms. The van der Waals surface area contributed by atoms with Gasteiger partial charge >= 0.3 is 0 Å². The summed E-state index contributed by atoms with van der Waals surface area (Å²) in [5, 5.41) is 14.5. The Morgan fingerprint density at radius 2 is 2.00 bits per heavy atom. The van der Waals surface area contributed by atoms with Crippen LogP contribution in [0.1, 0.15) is 29.6 Å². The summed E-state index contributed by atoms with van der Waals surface area (Å²) in [4.78, 5) is 17.2. The van der Waals surface area contributed by atoms with E-state index in [-0.39, 0.29) is 12.5 Å². The second-order valence-corrected chi connectivity index (χ2v) is 7.67. The molecule has 146 valence electrons. The first-order chi connectivity index (χ1) is 13.1. The molecule has 1 aliphatic rings. The van der Waals surface area contributed by atoms with E-state index in [9.17, 15) is 9.90 Å². The van der Waals surface area contributed by atoms with Crippen molar-refractivity contribution in [2.24, 2.45) is 5.92 Å². The van der Waals surface area contributed by atoms with Gasteiger partial charge in [-0.2, -0.15) is 0 Å². The monoisotopic (exact) mass is 369 g/mol. The number of anilines is 1. The zero-order valence-electron chi connectivity index (χ0n) is 16.4. The summed E-state index contributed by atoms with van der Waals surface area (Å²) in [6.45, 7) is 3.99. The van der Waals surface area contributed by atoms with Crippen LogP contribution in [0.5, 0.6) is 0 Å². The quantitative estimate of drug-likeness (QED) is 0.737. The Bertz CT molecular complexity index is 775. The van der Waals surface area contributed by atoms with Crippen molar-refractivity contribution in [1.29, 1.82) is 0 Å². The van der Waals surface area contributed by atoms with Crippen LogP contribution in [0.15, 0.2) is 36.4 Å². The molecule has 2 aromatic carbocycles. The SMILES string of the molecule is CN(C)c1ccc(C(=O)NCCCN2CCC[C@@H](CO)C2)c2ccccc12. The Hall–Kier alpha value is -2.11. The van der Waals surface area contributed by atoms with Gasteiger partial charge in [-0.1, -0.05) is 24.3 Å². The van der Waals surface area contributed by atoms with Crippen molar-refractivity contribution in [2.75, 3.05) is 51.8 Å². The lowest BCUT2D eigenvalue weighted by Gasteiger charge is -2.31. The van der Waals surface area contributed by atoms with Crippen molar-refractivity contribution in [3.8, 4) is 0 Å². The molecule has 0 saturated carbocycles. The van der Waals surface area contributed by atoms with Gasteiger partial charge in [0, 0.05) is 50.4 Å². The van der Waals surface area contributed by atoms with Crippen LogP contribution in [0.25, 0.3) is 10.8 Å². The first-order valence-corrected chi connectivity index (χ1v) is 9.90. The fourth-order valence-corrected chi connectivity index (χ4v) is 3.97. The number of aliphatic hydroxyl groups excluding tert-OH is 1. The number of benzene rings is 2. The molecule has 0 aromatic heterocycles. The summed E-state index contributed by atoms with van der Waals surface area (Å²) in [7, 11) is 4.03.